The highest BCUT2D eigenvalue weighted by molar-refractivity contribution is 7.89. The van der Waals surface area contributed by atoms with Crippen LogP contribution in [0.3, 0.4) is 0 Å². The number of sulfonamides is 1. The van der Waals surface area contributed by atoms with Crippen molar-refractivity contribution in [2.45, 2.75) is 43.4 Å². The second-order valence-electron chi connectivity index (χ2n) is 5.66. The summed E-state index contributed by atoms with van der Waals surface area (Å²) in [5, 5.41) is 2.55. The summed E-state index contributed by atoms with van der Waals surface area (Å²) in [5.41, 5.74) is 0. The summed E-state index contributed by atoms with van der Waals surface area (Å²) in [6.45, 7) is 1.53. The Kier molecular flexibility index (Phi) is 6.90. The standard InChI is InChI=1S/C13H24N2O4S.ClH/c1-15(10-7-8-14-9-10)20(17,18)12-6-4-3-5-11(12)13(16)19-2;/h10-12,14H,3-9H2,1-2H3;1H. The maximum Gasteiger partial charge on any atom is 0.310 e. The molecule has 1 heterocycles. The molecule has 3 atom stereocenters. The van der Waals surface area contributed by atoms with Gasteiger partial charge in [-0.15, -0.1) is 12.4 Å². The molecule has 2 fully saturated rings. The van der Waals surface area contributed by atoms with Gasteiger partial charge in [-0.25, -0.2) is 12.7 Å². The number of nitrogens with zero attached hydrogens (tertiary/aromatic N) is 1. The van der Waals surface area contributed by atoms with Crippen molar-refractivity contribution in [1.29, 1.82) is 0 Å². The Balaban J connectivity index is 0.00000220. The molecule has 1 saturated carbocycles. The Bertz CT molecular complexity index is 451. The van der Waals surface area contributed by atoms with Crippen molar-refractivity contribution in [2.24, 2.45) is 5.92 Å². The van der Waals surface area contributed by atoms with Gasteiger partial charge in [-0.3, -0.25) is 4.79 Å². The summed E-state index contributed by atoms with van der Waals surface area (Å²) in [5.74, 6) is -0.910. The molecule has 2 aliphatic rings. The van der Waals surface area contributed by atoms with Crippen molar-refractivity contribution >= 4 is 28.4 Å². The lowest BCUT2D eigenvalue weighted by Gasteiger charge is -2.34. The topological polar surface area (TPSA) is 75.7 Å². The van der Waals surface area contributed by atoms with E-state index >= 15 is 0 Å². The van der Waals surface area contributed by atoms with Crippen molar-refractivity contribution in [1.82, 2.24) is 9.62 Å². The summed E-state index contributed by atoms with van der Waals surface area (Å²) in [6, 6.07) is 0.000207. The summed E-state index contributed by atoms with van der Waals surface area (Å²) < 4.78 is 31.8. The molecule has 1 aliphatic carbocycles. The van der Waals surface area contributed by atoms with Gasteiger partial charge < -0.3 is 10.1 Å². The fourth-order valence-corrected chi connectivity index (χ4v) is 5.40. The number of ether oxygens (including phenoxy) is 1. The average molecular weight is 341 g/mol. The van der Waals surface area contributed by atoms with Crippen LogP contribution < -0.4 is 5.32 Å². The van der Waals surface area contributed by atoms with E-state index in [2.05, 4.69) is 5.32 Å². The van der Waals surface area contributed by atoms with E-state index in [4.69, 9.17) is 4.74 Å². The zero-order valence-corrected chi connectivity index (χ0v) is 14.2. The van der Waals surface area contributed by atoms with E-state index in [1.54, 1.807) is 7.05 Å². The van der Waals surface area contributed by atoms with Gasteiger partial charge >= 0.3 is 5.97 Å². The van der Waals surface area contributed by atoms with Crippen molar-refractivity contribution in [2.75, 3.05) is 27.2 Å². The molecule has 0 aromatic heterocycles. The maximum absolute atomic E-state index is 12.8. The predicted octanol–water partition coefficient (Wildman–Crippen LogP) is 0.763. The lowest BCUT2D eigenvalue weighted by molar-refractivity contribution is -0.146. The molecule has 1 aliphatic heterocycles. The molecule has 0 radical (unpaired) electrons. The van der Waals surface area contributed by atoms with E-state index < -0.39 is 27.2 Å². The summed E-state index contributed by atoms with van der Waals surface area (Å²) in [6.07, 6.45) is 3.72. The molecule has 1 saturated heterocycles. The summed E-state index contributed by atoms with van der Waals surface area (Å²) in [4.78, 5) is 11.9. The quantitative estimate of drug-likeness (QED) is 0.765. The molecule has 21 heavy (non-hydrogen) atoms. The maximum atomic E-state index is 12.8. The van der Waals surface area contributed by atoms with Gasteiger partial charge in [0.1, 0.15) is 0 Å². The molecule has 6 nitrogen and oxygen atoms in total. The minimum absolute atomic E-state index is 0. The Hall–Kier alpha value is -0.370. The lowest BCUT2D eigenvalue weighted by Crippen LogP contribution is -2.48. The molecule has 0 aromatic rings. The molecular weight excluding hydrogens is 316 g/mol. The van der Waals surface area contributed by atoms with E-state index in [0.29, 0.717) is 19.4 Å². The number of likely N-dealkylation sites (N-methyl/N-ethyl adjacent to an activating group) is 1. The number of carbonyl (C=O) groups is 1. The van der Waals surface area contributed by atoms with Gasteiger partial charge in [0, 0.05) is 19.6 Å². The fourth-order valence-electron chi connectivity index (χ4n) is 3.25. The third-order valence-corrected chi connectivity index (χ3v) is 6.97. The van der Waals surface area contributed by atoms with Crippen LogP contribution in [-0.4, -0.2) is 57.2 Å². The number of nitrogens with one attached hydrogen (secondary N) is 1. The largest absolute Gasteiger partial charge is 0.469 e. The normalized spacial score (nSPS) is 30.0. The Labute approximate surface area is 133 Å². The zero-order chi connectivity index (χ0) is 14.8. The number of methoxy groups -OCH3 is 1. The van der Waals surface area contributed by atoms with Crippen LogP contribution in [0.4, 0.5) is 0 Å². The predicted molar refractivity (Wildman–Crippen MR) is 83.0 cm³/mol. The smallest absolute Gasteiger partial charge is 0.310 e. The van der Waals surface area contributed by atoms with Gasteiger partial charge in [0.25, 0.3) is 0 Å². The molecule has 3 unspecified atom stereocenters. The van der Waals surface area contributed by atoms with E-state index in [-0.39, 0.29) is 18.4 Å². The van der Waals surface area contributed by atoms with Crippen LogP contribution in [0.1, 0.15) is 32.1 Å². The molecule has 124 valence electrons. The van der Waals surface area contributed by atoms with Crippen molar-refractivity contribution in [3.05, 3.63) is 0 Å². The SMILES string of the molecule is COC(=O)C1CCCCC1S(=O)(=O)N(C)C1CCNC1.Cl. The van der Waals surface area contributed by atoms with Crippen LogP contribution in [-0.2, 0) is 19.6 Å². The fraction of sp³-hybridized carbons (Fsp3) is 0.923. The second kappa shape index (κ2) is 7.76. The van der Waals surface area contributed by atoms with E-state index in [9.17, 15) is 13.2 Å². The van der Waals surface area contributed by atoms with Gasteiger partial charge in [-0.2, -0.15) is 0 Å². The number of hydrogen-bond acceptors (Lipinski definition) is 5. The van der Waals surface area contributed by atoms with Crippen molar-refractivity contribution in [3.8, 4) is 0 Å². The van der Waals surface area contributed by atoms with Crippen LogP contribution in [0.2, 0.25) is 0 Å². The van der Waals surface area contributed by atoms with Crippen LogP contribution in [0.15, 0.2) is 0 Å². The Morgan fingerprint density at radius 2 is 1.90 bits per heavy atom. The van der Waals surface area contributed by atoms with Gasteiger partial charge in [0.05, 0.1) is 18.3 Å². The highest BCUT2D eigenvalue weighted by Crippen LogP contribution is 2.32. The number of hydrogen-bond donors (Lipinski definition) is 1. The molecular formula is C13H25ClN2O4S. The van der Waals surface area contributed by atoms with Crippen LogP contribution >= 0.6 is 12.4 Å². The molecule has 0 bridgehead atoms. The van der Waals surface area contributed by atoms with Crippen LogP contribution in [0, 0.1) is 5.92 Å². The number of halogens is 1. The summed E-state index contributed by atoms with van der Waals surface area (Å²) in [7, 11) is -0.498. The van der Waals surface area contributed by atoms with Gasteiger partial charge in [-0.1, -0.05) is 12.8 Å². The van der Waals surface area contributed by atoms with Gasteiger partial charge in [0.2, 0.25) is 10.0 Å². The molecule has 0 aromatic carbocycles. The molecule has 2 rings (SSSR count). The first-order valence-electron chi connectivity index (χ1n) is 7.24. The lowest BCUT2D eigenvalue weighted by atomic mass is 9.89. The molecule has 1 N–H and O–H groups in total. The average Bonchev–Trinajstić information content (AvgIpc) is 2.99. The first kappa shape index (κ1) is 18.7. The minimum Gasteiger partial charge on any atom is -0.469 e. The third-order valence-electron chi connectivity index (χ3n) is 4.54. The van der Waals surface area contributed by atoms with E-state index in [1.807, 2.05) is 0 Å². The number of esters is 1. The zero-order valence-electron chi connectivity index (χ0n) is 12.6. The third kappa shape index (κ3) is 3.88. The van der Waals surface area contributed by atoms with Gasteiger partial charge in [-0.05, 0) is 25.8 Å². The van der Waals surface area contributed by atoms with Crippen LogP contribution in [0.25, 0.3) is 0 Å². The second-order valence-corrected chi connectivity index (χ2v) is 7.87. The first-order chi connectivity index (χ1) is 9.48. The highest BCUT2D eigenvalue weighted by Gasteiger charge is 2.43. The first-order valence-corrected chi connectivity index (χ1v) is 8.74. The molecule has 0 amide bonds. The molecule has 0 spiro atoms. The van der Waals surface area contributed by atoms with Crippen molar-refractivity contribution in [3.63, 3.8) is 0 Å². The molecule has 8 heteroatoms. The Morgan fingerprint density at radius 3 is 2.48 bits per heavy atom. The number of rotatable bonds is 4. The van der Waals surface area contributed by atoms with Crippen molar-refractivity contribution < 1.29 is 17.9 Å². The van der Waals surface area contributed by atoms with E-state index in [1.165, 1.54) is 11.4 Å². The van der Waals surface area contributed by atoms with Gasteiger partial charge in [0.15, 0.2) is 0 Å². The summed E-state index contributed by atoms with van der Waals surface area (Å²) >= 11 is 0. The highest BCUT2D eigenvalue weighted by atomic mass is 35.5. The number of carbonyl (C=O) groups excluding carboxylic acids is 1. The minimum atomic E-state index is -3.46. The monoisotopic (exact) mass is 340 g/mol. The van der Waals surface area contributed by atoms with Crippen LogP contribution in [0.5, 0.6) is 0 Å². The van der Waals surface area contributed by atoms with E-state index in [0.717, 1.165) is 25.8 Å². The Morgan fingerprint density at radius 1 is 1.24 bits per heavy atom.